The minimum Gasteiger partial charge on any atom is -0.439 e. The highest BCUT2D eigenvalue weighted by atomic mass is 35.5. The molecule has 26 heavy (non-hydrogen) atoms. The number of ether oxygens (including phenoxy) is 1. The van der Waals surface area contributed by atoms with E-state index < -0.39 is 0 Å². The highest BCUT2D eigenvalue weighted by Gasteiger charge is 2.38. The molecule has 0 aliphatic carbocycles. The molecule has 1 atom stereocenters. The third kappa shape index (κ3) is 3.31. The van der Waals surface area contributed by atoms with E-state index in [2.05, 4.69) is 0 Å². The number of nitrogens with zero attached hydrogens (tertiary/aromatic N) is 2. The fraction of sp³-hybridized carbons (Fsp3) is 0.368. The molecule has 1 aromatic heterocycles. The average Bonchev–Trinajstić information content (AvgIpc) is 3.28. The van der Waals surface area contributed by atoms with Crippen molar-refractivity contribution < 1.29 is 14.3 Å². The molecule has 5 nitrogen and oxygen atoms in total. The van der Waals surface area contributed by atoms with E-state index in [9.17, 15) is 9.59 Å². The SMILES string of the molecule is O=C(c1sccc1Cl)N1CCC(N2CC(c3ccccc3)OC2=O)CC1. The van der Waals surface area contributed by atoms with Crippen molar-refractivity contribution in [3.63, 3.8) is 0 Å². The van der Waals surface area contributed by atoms with E-state index in [0.717, 1.165) is 18.4 Å². The lowest BCUT2D eigenvalue weighted by Gasteiger charge is -2.35. The molecular weight excluding hydrogens is 372 g/mol. The molecule has 136 valence electrons. The van der Waals surface area contributed by atoms with Crippen LogP contribution in [0.4, 0.5) is 4.79 Å². The number of carbonyl (C=O) groups excluding carboxylic acids is 2. The van der Waals surface area contributed by atoms with Crippen LogP contribution >= 0.6 is 22.9 Å². The van der Waals surface area contributed by atoms with E-state index in [-0.39, 0.29) is 24.1 Å². The summed E-state index contributed by atoms with van der Waals surface area (Å²) >= 11 is 7.44. The monoisotopic (exact) mass is 390 g/mol. The Bertz CT molecular complexity index is 802. The number of rotatable bonds is 3. The van der Waals surface area contributed by atoms with Crippen LogP contribution in [0.5, 0.6) is 0 Å². The van der Waals surface area contributed by atoms with Crippen LogP contribution in [-0.2, 0) is 4.74 Å². The van der Waals surface area contributed by atoms with Gasteiger partial charge in [-0.15, -0.1) is 11.3 Å². The van der Waals surface area contributed by atoms with Gasteiger partial charge in [0.1, 0.15) is 11.0 Å². The van der Waals surface area contributed by atoms with E-state index in [0.29, 0.717) is 29.5 Å². The Kier molecular flexibility index (Phi) is 4.87. The van der Waals surface area contributed by atoms with Gasteiger partial charge in [0.25, 0.3) is 5.91 Å². The summed E-state index contributed by atoms with van der Waals surface area (Å²) in [7, 11) is 0. The zero-order valence-electron chi connectivity index (χ0n) is 14.1. The van der Waals surface area contributed by atoms with Crippen LogP contribution in [0, 0.1) is 0 Å². The van der Waals surface area contributed by atoms with Crippen molar-refractivity contribution in [1.29, 1.82) is 0 Å². The molecule has 0 radical (unpaired) electrons. The molecule has 0 saturated carbocycles. The van der Waals surface area contributed by atoms with Gasteiger partial charge in [-0.3, -0.25) is 4.79 Å². The molecule has 2 amide bonds. The third-order valence-corrected chi connectivity index (χ3v) is 6.34. The molecule has 0 N–H and O–H groups in total. The molecule has 1 aromatic carbocycles. The lowest BCUT2D eigenvalue weighted by molar-refractivity contribution is 0.0663. The first-order valence-corrected chi connectivity index (χ1v) is 9.93. The number of thiophene rings is 1. The van der Waals surface area contributed by atoms with E-state index in [1.54, 1.807) is 6.07 Å². The second-order valence-corrected chi connectivity index (χ2v) is 7.88. The molecule has 1 unspecified atom stereocenters. The summed E-state index contributed by atoms with van der Waals surface area (Å²) in [5.74, 6) is -0.0189. The van der Waals surface area contributed by atoms with Gasteiger partial charge in [-0.05, 0) is 29.9 Å². The molecular formula is C19H19ClN2O3S. The Morgan fingerprint density at radius 1 is 1.15 bits per heavy atom. The maximum absolute atomic E-state index is 12.6. The number of halogens is 1. The summed E-state index contributed by atoms with van der Waals surface area (Å²) in [6.45, 7) is 1.81. The van der Waals surface area contributed by atoms with Gasteiger partial charge >= 0.3 is 6.09 Å². The summed E-state index contributed by atoms with van der Waals surface area (Å²) in [5.41, 5.74) is 1.02. The second-order valence-electron chi connectivity index (χ2n) is 6.56. The molecule has 2 aliphatic heterocycles. The number of piperidine rings is 1. The number of hydrogen-bond donors (Lipinski definition) is 0. The van der Waals surface area contributed by atoms with Crippen LogP contribution in [0.25, 0.3) is 0 Å². The van der Waals surface area contributed by atoms with Crippen LogP contribution < -0.4 is 0 Å². The zero-order chi connectivity index (χ0) is 18.1. The molecule has 2 fully saturated rings. The lowest BCUT2D eigenvalue weighted by atomic mass is 10.0. The molecule has 4 rings (SSSR count). The van der Waals surface area contributed by atoms with Gasteiger partial charge in [-0.2, -0.15) is 0 Å². The number of likely N-dealkylation sites (tertiary alicyclic amines) is 1. The Labute approximate surface area is 161 Å². The lowest BCUT2D eigenvalue weighted by Crippen LogP contribution is -2.47. The van der Waals surface area contributed by atoms with Crippen molar-refractivity contribution >= 4 is 34.9 Å². The van der Waals surface area contributed by atoms with Crippen molar-refractivity contribution in [2.75, 3.05) is 19.6 Å². The van der Waals surface area contributed by atoms with E-state index in [4.69, 9.17) is 16.3 Å². The van der Waals surface area contributed by atoms with Crippen LogP contribution in [-0.4, -0.2) is 47.5 Å². The largest absolute Gasteiger partial charge is 0.439 e. The van der Waals surface area contributed by atoms with Crippen molar-refractivity contribution in [3.8, 4) is 0 Å². The summed E-state index contributed by atoms with van der Waals surface area (Å²) in [6, 6.07) is 11.7. The molecule has 0 spiro atoms. The first-order valence-electron chi connectivity index (χ1n) is 8.68. The third-order valence-electron chi connectivity index (χ3n) is 5.02. The molecule has 7 heteroatoms. The van der Waals surface area contributed by atoms with Gasteiger partial charge in [0.2, 0.25) is 0 Å². The van der Waals surface area contributed by atoms with Crippen LogP contribution in [0.1, 0.15) is 34.2 Å². The predicted octanol–water partition coefficient (Wildman–Crippen LogP) is 4.20. The van der Waals surface area contributed by atoms with Gasteiger partial charge in [0.15, 0.2) is 0 Å². The summed E-state index contributed by atoms with van der Waals surface area (Å²) in [6.07, 6.45) is 1.04. The van der Waals surface area contributed by atoms with Crippen LogP contribution in [0.3, 0.4) is 0 Å². The molecule has 2 aromatic rings. The minimum atomic E-state index is -0.259. The standard InChI is InChI=1S/C19H19ClN2O3S/c20-15-8-11-26-17(15)18(23)21-9-6-14(7-10-21)22-12-16(25-19(22)24)13-4-2-1-3-5-13/h1-5,8,11,14,16H,6-7,9-10,12H2. The summed E-state index contributed by atoms with van der Waals surface area (Å²) in [5, 5.41) is 2.34. The maximum Gasteiger partial charge on any atom is 0.410 e. The van der Waals surface area contributed by atoms with Crippen molar-refractivity contribution in [2.24, 2.45) is 0 Å². The smallest absolute Gasteiger partial charge is 0.410 e. The first kappa shape index (κ1) is 17.4. The van der Waals surface area contributed by atoms with Gasteiger partial charge in [0.05, 0.1) is 11.6 Å². The van der Waals surface area contributed by atoms with E-state index in [1.165, 1.54) is 11.3 Å². The van der Waals surface area contributed by atoms with Gasteiger partial charge in [-0.1, -0.05) is 41.9 Å². The molecule has 2 saturated heterocycles. The number of cyclic esters (lactones) is 1. The summed E-state index contributed by atoms with van der Waals surface area (Å²) < 4.78 is 5.55. The first-order chi connectivity index (χ1) is 12.6. The fourth-order valence-corrected chi connectivity index (χ4v) is 4.69. The maximum atomic E-state index is 12.6. The van der Waals surface area contributed by atoms with Gasteiger partial charge in [-0.25, -0.2) is 4.79 Å². The van der Waals surface area contributed by atoms with Crippen LogP contribution in [0.2, 0.25) is 5.02 Å². The normalized spacial score (nSPS) is 21.1. The van der Waals surface area contributed by atoms with Gasteiger partial charge in [0, 0.05) is 19.1 Å². The second kappa shape index (κ2) is 7.29. The summed E-state index contributed by atoms with van der Waals surface area (Å²) in [4.78, 5) is 29.1. The van der Waals surface area contributed by atoms with Gasteiger partial charge < -0.3 is 14.5 Å². The number of benzene rings is 1. The zero-order valence-corrected chi connectivity index (χ0v) is 15.7. The highest BCUT2D eigenvalue weighted by molar-refractivity contribution is 7.12. The van der Waals surface area contributed by atoms with Crippen LogP contribution in [0.15, 0.2) is 41.8 Å². The minimum absolute atomic E-state index is 0.0189. The van der Waals surface area contributed by atoms with E-state index >= 15 is 0 Å². The number of amides is 2. The Balaban J connectivity index is 1.37. The molecule has 0 bridgehead atoms. The predicted molar refractivity (Wildman–Crippen MR) is 101 cm³/mol. The Morgan fingerprint density at radius 3 is 2.54 bits per heavy atom. The highest BCUT2D eigenvalue weighted by Crippen LogP contribution is 2.31. The topological polar surface area (TPSA) is 49.9 Å². The average molecular weight is 391 g/mol. The van der Waals surface area contributed by atoms with Crippen molar-refractivity contribution in [1.82, 2.24) is 9.80 Å². The van der Waals surface area contributed by atoms with Crippen molar-refractivity contribution in [2.45, 2.75) is 25.0 Å². The Hall–Kier alpha value is -2.05. The molecule has 3 heterocycles. The van der Waals surface area contributed by atoms with E-state index in [1.807, 2.05) is 45.5 Å². The number of hydrogen-bond acceptors (Lipinski definition) is 4. The quantitative estimate of drug-likeness (QED) is 0.789. The molecule has 2 aliphatic rings. The van der Waals surface area contributed by atoms with Crippen molar-refractivity contribution in [3.05, 3.63) is 57.2 Å². The number of carbonyl (C=O) groups is 2. The fourth-order valence-electron chi connectivity index (χ4n) is 3.59. The Morgan fingerprint density at radius 2 is 1.88 bits per heavy atom.